The van der Waals surface area contributed by atoms with Crippen molar-refractivity contribution < 1.29 is 0 Å². The summed E-state index contributed by atoms with van der Waals surface area (Å²) in [5.41, 5.74) is 0.938. The van der Waals surface area contributed by atoms with E-state index < -0.39 is 0 Å². The molecule has 0 saturated heterocycles. The summed E-state index contributed by atoms with van der Waals surface area (Å²) < 4.78 is 0. The van der Waals surface area contributed by atoms with E-state index in [-0.39, 0.29) is 0 Å². The second-order valence-electron chi connectivity index (χ2n) is 4.44. The van der Waals surface area contributed by atoms with Crippen LogP contribution < -0.4 is 5.32 Å². The number of aromatic nitrogens is 4. The van der Waals surface area contributed by atoms with Crippen LogP contribution in [0.2, 0.25) is 0 Å². The number of fused-ring (bicyclic) bond motifs is 1. The minimum Gasteiger partial charge on any atom is -0.354 e. The molecule has 0 bridgehead atoms. The molecular weight excluding hydrogens is 282 g/mol. The first-order chi connectivity index (χ1) is 10.4. The van der Waals surface area contributed by atoms with Crippen molar-refractivity contribution in [1.29, 1.82) is 0 Å². The fourth-order valence-electron chi connectivity index (χ4n) is 1.88. The number of anilines is 1. The lowest BCUT2D eigenvalue weighted by Gasteiger charge is -2.06. The molecule has 3 aromatic rings. The standard InChI is InChI=1S/C15H15N5S/c1-2-8-16-15-17-9-7-13(20-15)21-14-11-5-3-4-6-12(11)18-10-19-14/h3-7,9-10H,2,8H2,1H3,(H,16,17,20). The second kappa shape index (κ2) is 6.49. The fraction of sp³-hybridized carbons (Fsp3) is 0.200. The van der Waals surface area contributed by atoms with Crippen LogP contribution in [0.5, 0.6) is 0 Å². The molecule has 6 heteroatoms. The molecule has 0 aliphatic rings. The fourth-order valence-corrected chi connectivity index (χ4v) is 2.72. The zero-order valence-electron chi connectivity index (χ0n) is 11.7. The first-order valence-electron chi connectivity index (χ1n) is 6.81. The first-order valence-corrected chi connectivity index (χ1v) is 7.63. The third-order valence-corrected chi connectivity index (χ3v) is 3.83. The summed E-state index contributed by atoms with van der Waals surface area (Å²) >= 11 is 1.52. The molecule has 0 aliphatic heterocycles. The highest BCUT2D eigenvalue weighted by molar-refractivity contribution is 7.99. The lowest BCUT2D eigenvalue weighted by Crippen LogP contribution is -2.04. The molecule has 1 N–H and O–H groups in total. The number of nitrogens with one attached hydrogen (secondary N) is 1. The summed E-state index contributed by atoms with van der Waals surface area (Å²) in [6, 6.07) is 9.86. The summed E-state index contributed by atoms with van der Waals surface area (Å²) in [6.45, 7) is 2.98. The van der Waals surface area contributed by atoms with Crippen LogP contribution in [0, 0.1) is 0 Å². The van der Waals surface area contributed by atoms with E-state index >= 15 is 0 Å². The van der Waals surface area contributed by atoms with Gasteiger partial charge in [-0.25, -0.2) is 19.9 Å². The third kappa shape index (κ3) is 3.28. The maximum atomic E-state index is 4.49. The molecule has 1 aromatic carbocycles. The minimum absolute atomic E-state index is 0.653. The normalized spacial score (nSPS) is 10.7. The second-order valence-corrected chi connectivity index (χ2v) is 5.45. The van der Waals surface area contributed by atoms with Crippen LogP contribution in [0.3, 0.4) is 0 Å². The molecule has 0 saturated carbocycles. The first kappa shape index (κ1) is 13.8. The Kier molecular flexibility index (Phi) is 4.25. The highest BCUT2D eigenvalue weighted by Gasteiger charge is 2.07. The number of hydrogen-bond donors (Lipinski definition) is 1. The predicted octanol–water partition coefficient (Wildman–Crippen LogP) is 3.39. The monoisotopic (exact) mass is 297 g/mol. The number of benzene rings is 1. The topological polar surface area (TPSA) is 63.6 Å². The largest absolute Gasteiger partial charge is 0.354 e. The summed E-state index contributed by atoms with van der Waals surface area (Å²) in [5, 5.41) is 5.99. The zero-order chi connectivity index (χ0) is 14.5. The van der Waals surface area contributed by atoms with Crippen molar-refractivity contribution in [1.82, 2.24) is 19.9 Å². The Bertz CT molecular complexity index is 741. The molecule has 2 heterocycles. The van der Waals surface area contributed by atoms with Crippen molar-refractivity contribution in [2.45, 2.75) is 23.4 Å². The molecule has 2 aromatic heterocycles. The molecule has 106 valence electrons. The van der Waals surface area contributed by atoms with Crippen LogP contribution in [-0.4, -0.2) is 26.5 Å². The van der Waals surface area contributed by atoms with Gasteiger partial charge in [-0.05, 0) is 30.3 Å². The van der Waals surface area contributed by atoms with Gasteiger partial charge in [0.25, 0.3) is 0 Å². The summed E-state index contributed by atoms with van der Waals surface area (Å²) in [5.74, 6) is 0.653. The lowest BCUT2D eigenvalue weighted by molar-refractivity contribution is 0.934. The van der Waals surface area contributed by atoms with Gasteiger partial charge >= 0.3 is 0 Å². The van der Waals surface area contributed by atoms with Crippen molar-refractivity contribution in [3.8, 4) is 0 Å². The molecule has 3 rings (SSSR count). The Balaban J connectivity index is 1.88. The van der Waals surface area contributed by atoms with Gasteiger partial charge in [-0.2, -0.15) is 0 Å². The van der Waals surface area contributed by atoms with Gasteiger partial charge in [0.05, 0.1) is 5.52 Å². The molecule has 21 heavy (non-hydrogen) atoms. The Morgan fingerprint density at radius 2 is 2.00 bits per heavy atom. The van der Waals surface area contributed by atoms with Crippen LogP contribution in [0.15, 0.2) is 52.9 Å². The smallest absolute Gasteiger partial charge is 0.223 e. The van der Waals surface area contributed by atoms with Crippen LogP contribution in [-0.2, 0) is 0 Å². The van der Waals surface area contributed by atoms with Gasteiger partial charge in [0, 0.05) is 18.1 Å². The molecule has 0 unspecified atom stereocenters. The van der Waals surface area contributed by atoms with Crippen LogP contribution in [0.1, 0.15) is 13.3 Å². The van der Waals surface area contributed by atoms with Crippen molar-refractivity contribution in [3.63, 3.8) is 0 Å². The van der Waals surface area contributed by atoms with E-state index in [1.807, 2.05) is 30.3 Å². The molecule has 0 spiro atoms. The number of hydrogen-bond acceptors (Lipinski definition) is 6. The average Bonchev–Trinajstić information content (AvgIpc) is 2.54. The van der Waals surface area contributed by atoms with Gasteiger partial charge in [-0.1, -0.05) is 25.1 Å². The maximum Gasteiger partial charge on any atom is 0.223 e. The van der Waals surface area contributed by atoms with Crippen molar-refractivity contribution in [3.05, 3.63) is 42.9 Å². The van der Waals surface area contributed by atoms with Gasteiger partial charge in [0.2, 0.25) is 5.95 Å². The van der Waals surface area contributed by atoms with E-state index in [0.717, 1.165) is 33.9 Å². The molecule has 0 amide bonds. The quantitative estimate of drug-likeness (QED) is 0.728. The Hall–Kier alpha value is -2.21. The van der Waals surface area contributed by atoms with Crippen LogP contribution in [0.4, 0.5) is 5.95 Å². The van der Waals surface area contributed by atoms with Gasteiger partial charge < -0.3 is 5.32 Å². The number of rotatable bonds is 5. The summed E-state index contributed by atoms with van der Waals surface area (Å²) in [4.78, 5) is 17.3. The third-order valence-electron chi connectivity index (χ3n) is 2.87. The molecular formula is C15H15N5S. The van der Waals surface area contributed by atoms with E-state index in [1.54, 1.807) is 12.5 Å². The van der Waals surface area contributed by atoms with E-state index in [2.05, 4.69) is 32.2 Å². The lowest BCUT2D eigenvalue weighted by atomic mass is 10.2. The summed E-state index contributed by atoms with van der Waals surface area (Å²) in [7, 11) is 0. The Morgan fingerprint density at radius 1 is 1.10 bits per heavy atom. The van der Waals surface area contributed by atoms with E-state index in [0.29, 0.717) is 5.95 Å². The van der Waals surface area contributed by atoms with Gasteiger partial charge in [-0.15, -0.1) is 0 Å². The van der Waals surface area contributed by atoms with Crippen molar-refractivity contribution in [2.75, 3.05) is 11.9 Å². The maximum absolute atomic E-state index is 4.49. The Morgan fingerprint density at radius 3 is 2.90 bits per heavy atom. The molecule has 0 atom stereocenters. The minimum atomic E-state index is 0.653. The van der Waals surface area contributed by atoms with Gasteiger partial charge in [0.1, 0.15) is 16.4 Å². The predicted molar refractivity (Wildman–Crippen MR) is 84.5 cm³/mol. The SMILES string of the molecule is CCCNc1nccc(Sc2ncnc3ccccc23)n1. The van der Waals surface area contributed by atoms with Gasteiger partial charge in [-0.3, -0.25) is 0 Å². The zero-order valence-corrected chi connectivity index (χ0v) is 12.5. The van der Waals surface area contributed by atoms with Crippen molar-refractivity contribution in [2.24, 2.45) is 0 Å². The molecule has 5 nitrogen and oxygen atoms in total. The van der Waals surface area contributed by atoms with E-state index in [4.69, 9.17) is 0 Å². The highest BCUT2D eigenvalue weighted by Crippen LogP contribution is 2.29. The van der Waals surface area contributed by atoms with Crippen molar-refractivity contribution >= 4 is 28.6 Å². The van der Waals surface area contributed by atoms with E-state index in [9.17, 15) is 0 Å². The van der Waals surface area contributed by atoms with Crippen LogP contribution in [0.25, 0.3) is 10.9 Å². The van der Waals surface area contributed by atoms with Crippen LogP contribution >= 0.6 is 11.8 Å². The molecule has 0 aliphatic carbocycles. The Labute approximate surface area is 127 Å². The number of nitrogens with zero attached hydrogens (tertiary/aromatic N) is 4. The molecule has 0 fully saturated rings. The van der Waals surface area contributed by atoms with E-state index in [1.165, 1.54) is 11.8 Å². The summed E-state index contributed by atoms with van der Waals surface area (Å²) in [6.07, 6.45) is 4.39. The highest BCUT2D eigenvalue weighted by atomic mass is 32.2. The number of para-hydroxylation sites is 1. The average molecular weight is 297 g/mol. The molecule has 0 radical (unpaired) electrons. The van der Waals surface area contributed by atoms with Gasteiger partial charge in [0.15, 0.2) is 0 Å².